The van der Waals surface area contributed by atoms with Gasteiger partial charge in [0.2, 0.25) is 0 Å². The van der Waals surface area contributed by atoms with Gasteiger partial charge in [-0.3, -0.25) is 4.79 Å². The van der Waals surface area contributed by atoms with Gasteiger partial charge in [0, 0.05) is 20.4 Å². The molecule has 1 amide bonds. The average molecular weight is 460 g/mol. The minimum absolute atomic E-state index is 0.0732. The number of amides is 1. The highest BCUT2D eigenvalue weighted by Gasteiger charge is 2.25. The average Bonchev–Trinajstić information content (AvgIpc) is 2.81. The molecule has 4 aromatic carbocycles. The molecule has 5 nitrogen and oxygen atoms in total. The van der Waals surface area contributed by atoms with Crippen LogP contribution in [0.1, 0.15) is 5.56 Å². The molecule has 0 fully saturated rings. The largest absolute Gasteiger partial charge is 0.507 e. The molecule has 0 bridgehead atoms. The van der Waals surface area contributed by atoms with E-state index in [2.05, 4.69) is 10.5 Å². The summed E-state index contributed by atoms with van der Waals surface area (Å²) >= 11 is 7.89. The number of phenols is 1. The highest BCUT2D eigenvalue weighted by Crippen LogP contribution is 2.48. The van der Waals surface area contributed by atoms with Crippen LogP contribution < -0.4 is 10.3 Å². The summed E-state index contributed by atoms with van der Waals surface area (Å²) in [7, 11) is 0. The summed E-state index contributed by atoms with van der Waals surface area (Å²) in [5.74, 6) is -0.180. The van der Waals surface area contributed by atoms with E-state index < -0.39 is 0 Å². The fourth-order valence-electron chi connectivity index (χ4n) is 3.74. The number of hydrogen-bond acceptors (Lipinski definition) is 5. The van der Waals surface area contributed by atoms with Crippen LogP contribution in [0.25, 0.3) is 10.8 Å². The molecule has 2 N–H and O–H groups in total. The van der Waals surface area contributed by atoms with Crippen LogP contribution in [0.5, 0.6) is 5.75 Å². The third-order valence-corrected chi connectivity index (χ3v) is 6.59. The highest BCUT2D eigenvalue weighted by molar-refractivity contribution is 7.99. The Bertz CT molecular complexity index is 1370. The van der Waals surface area contributed by atoms with E-state index in [9.17, 15) is 9.90 Å². The van der Waals surface area contributed by atoms with Crippen molar-refractivity contribution in [1.82, 2.24) is 5.43 Å². The minimum atomic E-state index is -0.284. The van der Waals surface area contributed by atoms with Gasteiger partial charge >= 0.3 is 0 Å². The zero-order valence-corrected chi connectivity index (χ0v) is 18.4. The molecule has 0 spiro atoms. The van der Waals surface area contributed by atoms with Gasteiger partial charge in [-0.05, 0) is 47.2 Å². The van der Waals surface area contributed by atoms with Crippen LogP contribution in [-0.2, 0) is 4.79 Å². The molecule has 7 heteroatoms. The number of fused-ring (bicyclic) bond motifs is 3. The maximum absolute atomic E-state index is 12.8. The van der Waals surface area contributed by atoms with Gasteiger partial charge in [0.15, 0.2) is 0 Å². The summed E-state index contributed by atoms with van der Waals surface area (Å²) in [5, 5.41) is 16.8. The number of para-hydroxylation sites is 1. The van der Waals surface area contributed by atoms with Crippen molar-refractivity contribution in [3.05, 3.63) is 89.4 Å². The van der Waals surface area contributed by atoms with Crippen molar-refractivity contribution >= 4 is 57.6 Å². The van der Waals surface area contributed by atoms with Crippen LogP contribution in [0.2, 0.25) is 5.02 Å². The molecular formula is C25H18ClN3O2S. The lowest BCUT2D eigenvalue weighted by Crippen LogP contribution is -2.33. The van der Waals surface area contributed by atoms with Crippen molar-refractivity contribution in [2.24, 2.45) is 5.10 Å². The first kappa shape index (κ1) is 20.4. The first-order valence-corrected chi connectivity index (χ1v) is 11.2. The zero-order valence-electron chi connectivity index (χ0n) is 16.8. The first-order valence-electron chi connectivity index (χ1n) is 9.97. The lowest BCUT2D eigenvalue weighted by atomic mass is 10.0. The number of halogens is 1. The Morgan fingerprint density at radius 1 is 1.00 bits per heavy atom. The number of carbonyl (C=O) groups excluding carboxylic acids is 1. The Hall–Kier alpha value is -3.48. The SMILES string of the molecule is O=C(CN1c2ccccc2Sc2ccc(Cl)cc21)NN=Cc1c(O)ccc2ccccc12. The van der Waals surface area contributed by atoms with Crippen molar-refractivity contribution < 1.29 is 9.90 Å². The number of benzene rings is 4. The van der Waals surface area contributed by atoms with Crippen LogP contribution in [-0.4, -0.2) is 23.8 Å². The molecule has 0 aliphatic carbocycles. The number of hydrogen-bond donors (Lipinski definition) is 2. The second-order valence-electron chi connectivity index (χ2n) is 7.28. The van der Waals surface area contributed by atoms with Crippen molar-refractivity contribution in [1.29, 1.82) is 0 Å². The Labute approximate surface area is 194 Å². The molecular weight excluding hydrogens is 442 g/mol. The Morgan fingerprint density at radius 2 is 1.78 bits per heavy atom. The molecule has 0 atom stereocenters. The zero-order chi connectivity index (χ0) is 22.1. The molecule has 32 heavy (non-hydrogen) atoms. The third kappa shape index (κ3) is 3.90. The van der Waals surface area contributed by atoms with Crippen molar-refractivity contribution in [3.63, 3.8) is 0 Å². The van der Waals surface area contributed by atoms with Gasteiger partial charge in [0.1, 0.15) is 12.3 Å². The monoisotopic (exact) mass is 459 g/mol. The summed E-state index contributed by atoms with van der Waals surface area (Å²) in [6.07, 6.45) is 1.47. The third-order valence-electron chi connectivity index (χ3n) is 5.22. The number of nitrogens with zero attached hydrogens (tertiary/aromatic N) is 2. The smallest absolute Gasteiger partial charge is 0.260 e. The van der Waals surface area contributed by atoms with Gasteiger partial charge in [-0.25, -0.2) is 5.43 Å². The van der Waals surface area contributed by atoms with Crippen LogP contribution >= 0.6 is 23.4 Å². The summed E-state index contributed by atoms with van der Waals surface area (Å²) in [4.78, 5) is 16.8. The first-order chi connectivity index (χ1) is 15.6. The van der Waals surface area contributed by atoms with Gasteiger partial charge in [-0.2, -0.15) is 5.10 Å². The van der Waals surface area contributed by atoms with Gasteiger partial charge in [0.05, 0.1) is 17.6 Å². The van der Waals surface area contributed by atoms with Gasteiger partial charge in [0.25, 0.3) is 5.91 Å². The number of rotatable bonds is 4. The summed E-state index contributed by atoms with van der Waals surface area (Å²) < 4.78 is 0. The van der Waals surface area contributed by atoms with Crippen LogP contribution in [0.15, 0.2) is 93.8 Å². The van der Waals surface area contributed by atoms with E-state index in [4.69, 9.17) is 11.6 Å². The van der Waals surface area contributed by atoms with E-state index in [1.165, 1.54) is 6.21 Å². The van der Waals surface area contributed by atoms with Crippen molar-refractivity contribution in [2.45, 2.75) is 9.79 Å². The quantitative estimate of drug-likeness (QED) is 0.292. The second kappa shape index (κ2) is 8.57. The number of phenolic OH excluding ortho intramolecular Hbond substituents is 1. The molecule has 1 aliphatic heterocycles. The number of aromatic hydroxyl groups is 1. The van der Waals surface area contributed by atoms with Gasteiger partial charge in [-0.1, -0.05) is 65.8 Å². The van der Waals surface area contributed by atoms with E-state index in [0.29, 0.717) is 10.6 Å². The fraction of sp³-hybridized carbons (Fsp3) is 0.0400. The highest BCUT2D eigenvalue weighted by atomic mass is 35.5. The summed E-state index contributed by atoms with van der Waals surface area (Å²) in [5.41, 5.74) is 4.96. The molecule has 1 aliphatic rings. The molecule has 158 valence electrons. The topological polar surface area (TPSA) is 64.9 Å². The van der Waals surface area contributed by atoms with Crippen molar-refractivity contribution in [2.75, 3.05) is 11.4 Å². The van der Waals surface area contributed by atoms with Crippen LogP contribution in [0, 0.1) is 0 Å². The van der Waals surface area contributed by atoms with Gasteiger partial charge in [-0.15, -0.1) is 0 Å². The normalized spacial score (nSPS) is 12.6. The molecule has 0 aromatic heterocycles. The Morgan fingerprint density at radius 3 is 2.69 bits per heavy atom. The van der Waals surface area contributed by atoms with Crippen LogP contribution in [0.4, 0.5) is 11.4 Å². The molecule has 0 radical (unpaired) electrons. The summed E-state index contributed by atoms with van der Waals surface area (Å²) in [6, 6.07) is 24.8. The standard InChI is InChI=1S/C25H18ClN3O2S/c26-17-10-12-24-21(13-17)29(20-7-3-4-8-23(20)32-24)15-25(31)28-27-14-19-18-6-2-1-5-16(18)9-11-22(19)30/h1-14,30H,15H2,(H,28,31). The number of anilines is 2. The molecule has 1 heterocycles. The maximum Gasteiger partial charge on any atom is 0.260 e. The Balaban J connectivity index is 1.39. The molecule has 5 rings (SSSR count). The Kier molecular flexibility index (Phi) is 5.47. The van der Waals surface area contributed by atoms with E-state index >= 15 is 0 Å². The van der Waals surface area contributed by atoms with E-state index in [0.717, 1.165) is 31.9 Å². The summed E-state index contributed by atoms with van der Waals surface area (Å²) in [6.45, 7) is 0.0732. The van der Waals surface area contributed by atoms with E-state index in [-0.39, 0.29) is 18.2 Å². The maximum atomic E-state index is 12.8. The minimum Gasteiger partial charge on any atom is -0.507 e. The second-order valence-corrected chi connectivity index (χ2v) is 8.80. The fourth-order valence-corrected chi connectivity index (χ4v) is 4.98. The molecule has 0 saturated heterocycles. The number of carbonyl (C=O) groups is 1. The molecule has 0 saturated carbocycles. The van der Waals surface area contributed by atoms with Crippen LogP contribution in [0.3, 0.4) is 0 Å². The number of nitrogens with one attached hydrogen (secondary N) is 1. The van der Waals surface area contributed by atoms with E-state index in [1.807, 2.05) is 77.7 Å². The lowest BCUT2D eigenvalue weighted by Gasteiger charge is -2.32. The predicted molar refractivity (Wildman–Crippen MR) is 130 cm³/mol. The lowest BCUT2D eigenvalue weighted by molar-refractivity contribution is -0.119. The van der Waals surface area contributed by atoms with E-state index in [1.54, 1.807) is 17.8 Å². The van der Waals surface area contributed by atoms with Crippen molar-refractivity contribution in [3.8, 4) is 5.75 Å². The molecule has 0 unspecified atom stereocenters. The molecule has 4 aromatic rings. The van der Waals surface area contributed by atoms with Gasteiger partial charge < -0.3 is 10.0 Å². The predicted octanol–water partition coefficient (Wildman–Crippen LogP) is 5.95. The number of hydrazone groups is 1.